The molecule has 3 heteroatoms. The van der Waals surface area contributed by atoms with Gasteiger partial charge in [-0.05, 0) is 0 Å². The van der Waals surface area contributed by atoms with Gasteiger partial charge in [0.1, 0.15) is 0 Å². The first-order valence-corrected chi connectivity index (χ1v) is 20.8. The van der Waals surface area contributed by atoms with Crippen LogP contribution < -0.4 is 24.8 Å². The Bertz CT molecular complexity index is 1960. The molecule has 0 bridgehead atoms. The molecule has 0 unspecified atom stereocenters. The summed E-state index contributed by atoms with van der Waals surface area (Å²) in [7, 11) is 0. The van der Waals surface area contributed by atoms with Gasteiger partial charge in [0.15, 0.2) is 0 Å². The molecule has 0 nitrogen and oxygen atoms in total. The van der Waals surface area contributed by atoms with E-state index in [0.29, 0.717) is 3.63 Å². The van der Waals surface area contributed by atoms with Crippen molar-refractivity contribution in [1.29, 1.82) is 0 Å². The zero-order chi connectivity index (χ0) is 32.0. The van der Waals surface area contributed by atoms with Crippen molar-refractivity contribution in [3.63, 3.8) is 0 Å². The summed E-state index contributed by atoms with van der Waals surface area (Å²) < 4.78 is 3.73. The van der Waals surface area contributed by atoms with E-state index in [2.05, 4.69) is 170 Å². The SMILES string of the molecule is CC(C)(C)C1=CC[C]([Zr+2](=[C](c2ccccc2)c2ccccc2)[CH]2c3cc4c(cc3-c3cc5c(cc32)C(C)(C)C=C5)C=CC4(C)C)=C1.[Cl-].[Cl-]. The van der Waals surface area contributed by atoms with Crippen LogP contribution in [0.1, 0.15) is 103 Å². The van der Waals surface area contributed by atoms with Gasteiger partial charge in [-0.1, -0.05) is 0 Å². The van der Waals surface area contributed by atoms with E-state index in [9.17, 15) is 0 Å². The molecule has 4 aromatic carbocycles. The maximum absolute atomic E-state index is 2.83. The molecule has 0 spiro atoms. The Morgan fingerprint density at radius 3 is 1.54 bits per heavy atom. The van der Waals surface area contributed by atoms with Crippen molar-refractivity contribution in [2.75, 3.05) is 0 Å². The third-order valence-electron chi connectivity index (χ3n) is 10.9. The van der Waals surface area contributed by atoms with Gasteiger partial charge < -0.3 is 24.8 Å². The van der Waals surface area contributed by atoms with Crippen LogP contribution in [0.4, 0.5) is 0 Å². The molecule has 0 fully saturated rings. The predicted molar refractivity (Wildman–Crippen MR) is 194 cm³/mol. The molecule has 0 aliphatic heterocycles. The first-order chi connectivity index (χ1) is 21.9. The molecule has 4 aliphatic rings. The van der Waals surface area contributed by atoms with Gasteiger partial charge in [0, 0.05) is 0 Å². The first-order valence-electron chi connectivity index (χ1n) is 16.9. The number of fused-ring (bicyclic) bond motifs is 5. The smallest absolute Gasteiger partial charge is 1.00 e. The fraction of sp³-hybridized carbons (Fsp3) is 0.267. The third kappa shape index (κ3) is 5.69. The standard InChI is InChI=1S/C23H21.C13H10.C9H13.2ClH.Zr/c1-22(2)7-5-14-10-18-16(12-20(14)22)9-17-13-21-15(11-19(17)18)6-8-23(21,3)4;1-3-7-12(8-4-1)11-13-9-5-2-6-10-13;1-9(2,3)8-6-4-5-7-8;;;/h5-13H,1-4H3;1-10H;6-7H,4H2,1-3H3;2*1H;/q;;;;;+2/p-2. The quantitative estimate of drug-likeness (QED) is 0.258. The van der Waals surface area contributed by atoms with E-state index in [1.54, 1.807) is 17.6 Å². The normalized spacial score (nSPS) is 17.2. The third-order valence-corrected chi connectivity index (χ3v) is 19.1. The monoisotopic (exact) mass is 744 g/mol. The molecule has 0 atom stereocenters. The predicted octanol–water partition coefficient (Wildman–Crippen LogP) is 5.52. The molecule has 48 heavy (non-hydrogen) atoms. The zero-order valence-corrected chi connectivity index (χ0v) is 33.1. The maximum Gasteiger partial charge on any atom is -1.00 e. The van der Waals surface area contributed by atoms with Crippen LogP contribution in [0, 0.1) is 5.41 Å². The van der Waals surface area contributed by atoms with Crippen LogP contribution in [0.5, 0.6) is 0 Å². The molecule has 4 aliphatic carbocycles. The summed E-state index contributed by atoms with van der Waals surface area (Å²) in [4.78, 5) is 0. The average Bonchev–Trinajstić information content (AvgIpc) is 3.79. The zero-order valence-electron chi connectivity index (χ0n) is 29.1. The van der Waals surface area contributed by atoms with Gasteiger partial charge in [-0.15, -0.1) is 0 Å². The van der Waals surface area contributed by atoms with E-state index in [1.165, 1.54) is 50.1 Å². The number of rotatable bonds is 4. The largest absolute Gasteiger partial charge is 1.00 e. The molecule has 0 N–H and O–H groups in total. The van der Waals surface area contributed by atoms with Crippen molar-refractivity contribution >= 4 is 15.4 Å². The summed E-state index contributed by atoms with van der Waals surface area (Å²) in [5.74, 6) is 0. The Hall–Kier alpha value is -2.83. The average molecular weight is 747 g/mol. The van der Waals surface area contributed by atoms with Gasteiger partial charge in [0.05, 0.1) is 0 Å². The number of halogens is 2. The molecule has 0 saturated heterocycles. The van der Waals surface area contributed by atoms with E-state index in [-0.39, 0.29) is 41.1 Å². The van der Waals surface area contributed by atoms with Crippen molar-refractivity contribution in [2.24, 2.45) is 5.41 Å². The minimum Gasteiger partial charge on any atom is -1.00 e. The van der Waals surface area contributed by atoms with Crippen LogP contribution in [0.2, 0.25) is 0 Å². The summed E-state index contributed by atoms with van der Waals surface area (Å²) >= 11 is -2.83. The fourth-order valence-electron chi connectivity index (χ4n) is 8.27. The van der Waals surface area contributed by atoms with Crippen LogP contribution in [0.3, 0.4) is 0 Å². The van der Waals surface area contributed by atoms with Crippen molar-refractivity contribution in [1.82, 2.24) is 0 Å². The minimum absolute atomic E-state index is 0. The Labute approximate surface area is 307 Å². The molecule has 242 valence electrons. The van der Waals surface area contributed by atoms with Crippen LogP contribution >= 0.6 is 0 Å². The van der Waals surface area contributed by atoms with E-state index in [1.807, 2.05) is 0 Å². The molecular weight excluding hydrogens is 703 g/mol. The second-order valence-corrected chi connectivity index (χ2v) is 22.2. The Morgan fingerprint density at radius 2 is 1.12 bits per heavy atom. The molecule has 0 heterocycles. The van der Waals surface area contributed by atoms with Gasteiger partial charge >= 0.3 is 285 Å². The summed E-state index contributed by atoms with van der Waals surface area (Å²) in [5, 5.41) is 0. The Kier molecular flexibility index (Phi) is 9.12. The summed E-state index contributed by atoms with van der Waals surface area (Å²) in [5.41, 5.74) is 16.3. The summed E-state index contributed by atoms with van der Waals surface area (Å²) in [6.45, 7) is 16.6. The number of allylic oxidation sites excluding steroid dienone is 6. The van der Waals surface area contributed by atoms with Crippen molar-refractivity contribution < 1.29 is 46.1 Å². The maximum atomic E-state index is 2.65. The molecule has 4 aromatic rings. The summed E-state index contributed by atoms with van der Waals surface area (Å²) in [6, 6.07) is 33.1. The van der Waals surface area contributed by atoms with E-state index < -0.39 is 21.3 Å². The molecule has 0 amide bonds. The van der Waals surface area contributed by atoms with Gasteiger partial charge in [-0.3, -0.25) is 0 Å². The second kappa shape index (κ2) is 12.5. The molecular formula is C45H44Cl2Zr. The summed E-state index contributed by atoms with van der Waals surface area (Å²) in [6.07, 6.45) is 15.8. The molecule has 0 aromatic heterocycles. The van der Waals surface area contributed by atoms with Crippen molar-refractivity contribution in [2.45, 2.75) is 69.3 Å². The van der Waals surface area contributed by atoms with Crippen LogP contribution in [0.15, 0.2) is 118 Å². The minimum atomic E-state index is -2.83. The number of benzene rings is 4. The van der Waals surface area contributed by atoms with E-state index in [0.717, 1.165) is 6.42 Å². The Morgan fingerprint density at radius 1 is 0.667 bits per heavy atom. The topological polar surface area (TPSA) is 0 Å². The molecule has 0 radical (unpaired) electrons. The number of hydrogen-bond donors (Lipinski definition) is 0. The van der Waals surface area contributed by atoms with Crippen molar-refractivity contribution in [3.8, 4) is 11.1 Å². The molecule has 8 rings (SSSR count). The number of hydrogen-bond acceptors (Lipinski definition) is 0. The second-order valence-electron chi connectivity index (χ2n) is 15.9. The van der Waals surface area contributed by atoms with Gasteiger partial charge in [0.2, 0.25) is 0 Å². The van der Waals surface area contributed by atoms with Crippen molar-refractivity contribution in [3.05, 3.63) is 163 Å². The van der Waals surface area contributed by atoms with Crippen LogP contribution in [-0.2, 0) is 32.1 Å². The van der Waals surface area contributed by atoms with E-state index >= 15 is 0 Å². The van der Waals surface area contributed by atoms with Gasteiger partial charge in [0.25, 0.3) is 0 Å². The van der Waals surface area contributed by atoms with E-state index in [4.69, 9.17) is 0 Å². The first kappa shape index (κ1) is 35.0. The fourth-order valence-corrected chi connectivity index (χ4v) is 17.3. The Balaban J connectivity index is 0.00000201. The van der Waals surface area contributed by atoms with Crippen LogP contribution in [0.25, 0.3) is 23.3 Å². The van der Waals surface area contributed by atoms with Gasteiger partial charge in [-0.25, -0.2) is 0 Å². The van der Waals surface area contributed by atoms with Gasteiger partial charge in [-0.2, -0.15) is 0 Å². The molecule has 0 saturated carbocycles. The van der Waals surface area contributed by atoms with Crippen LogP contribution in [-0.4, -0.2) is 3.21 Å².